The van der Waals surface area contributed by atoms with Gasteiger partial charge in [-0.1, -0.05) is 0 Å². The first-order valence-corrected chi connectivity index (χ1v) is 18.3. The average Bonchev–Trinajstić information content (AvgIpc) is 3.94. The van der Waals surface area contributed by atoms with Crippen molar-refractivity contribution in [1.82, 2.24) is 39.5 Å². The second kappa shape index (κ2) is 11.6. The number of aryl methyl sites for hydroxylation is 3. The second-order valence-electron chi connectivity index (χ2n) is 13.8. The van der Waals surface area contributed by atoms with Crippen LogP contribution in [-0.2, 0) is 22.6 Å². The highest BCUT2D eigenvalue weighted by molar-refractivity contribution is 7.19. The predicted octanol–water partition coefficient (Wildman–Crippen LogP) is 2.85. The van der Waals surface area contributed by atoms with Crippen molar-refractivity contribution >= 4 is 54.9 Å². The molecule has 0 bridgehead atoms. The smallest absolute Gasteiger partial charge is 0.282 e. The summed E-state index contributed by atoms with van der Waals surface area (Å²) in [7, 11) is 0. The van der Waals surface area contributed by atoms with Crippen LogP contribution in [0.5, 0.6) is 0 Å². The van der Waals surface area contributed by atoms with Crippen LogP contribution in [0.15, 0.2) is 9.59 Å². The maximum Gasteiger partial charge on any atom is 0.282 e. The Morgan fingerprint density at radius 2 is 1.53 bits per heavy atom. The molecule has 4 fully saturated rings. The number of carbonyl (C=O) groups is 2. The van der Waals surface area contributed by atoms with Crippen LogP contribution in [0.25, 0.3) is 20.4 Å². The van der Waals surface area contributed by atoms with Gasteiger partial charge in [0.05, 0.1) is 36.4 Å². The summed E-state index contributed by atoms with van der Waals surface area (Å²) < 4.78 is 0. The number of fused-ring (bicyclic) bond motifs is 2. The van der Waals surface area contributed by atoms with Crippen molar-refractivity contribution in [3.63, 3.8) is 0 Å². The largest absolute Gasteiger partial charge is 0.337 e. The Balaban J connectivity index is 0.908. The molecule has 47 heavy (non-hydrogen) atoms. The Morgan fingerprint density at radius 3 is 2.28 bits per heavy atom. The first kappa shape index (κ1) is 30.8. The van der Waals surface area contributed by atoms with Crippen LogP contribution >= 0.6 is 22.7 Å². The molecular formula is C33H40N8O4S2. The van der Waals surface area contributed by atoms with E-state index in [1.807, 2.05) is 30.6 Å². The summed E-state index contributed by atoms with van der Waals surface area (Å²) in [5.41, 5.74) is 1.58. The maximum absolute atomic E-state index is 13.5. The Hall–Kier alpha value is -3.46. The quantitative estimate of drug-likeness (QED) is 0.291. The van der Waals surface area contributed by atoms with Crippen molar-refractivity contribution in [3.05, 3.63) is 53.2 Å². The molecule has 4 aromatic heterocycles. The monoisotopic (exact) mass is 676 g/mol. The Labute approximate surface area is 279 Å². The molecule has 0 spiro atoms. The lowest BCUT2D eigenvalue weighted by molar-refractivity contribution is -0.138. The Bertz CT molecular complexity index is 2040. The van der Waals surface area contributed by atoms with Gasteiger partial charge in [-0.25, -0.2) is 0 Å². The first-order valence-electron chi connectivity index (χ1n) is 16.6. The summed E-state index contributed by atoms with van der Waals surface area (Å²) in [6, 6.07) is 0.430. The van der Waals surface area contributed by atoms with E-state index in [-0.39, 0.29) is 35.0 Å². The number of rotatable bonds is 8. The average molecular weight is 677 g/mol. The predicted molar refractivity (Wildman–Crippen MR) is 182 cm³/mol. The number of nitrogens with one attached hydrogen (secondary N) is 2. The maximum atomic E-state index is 13.5. The zero-order chi connectivity index (χ0) is 32.7. The fourth-order valence-corrected chi connectivity index (χ4v) is 9.69. The minimum absolute atomic E-state index is 0.0940. The van der Waals surface area contributed by atoms with Crippen molar-refractivity contribution in [2.45, 2.75) is 78.0 Å². The number of piperazine rings is 2. The van der Waals surface area contributed by atoms with E-state index < -0.39 is 0 Å². The van der Waals surface area contributed by atoms with E-state index in [2.05, 4.69) is 36.7 Å². The molecule has 3 unspecified atom stereocenters. The number of aromatic amines is 2. The standard InChI is InChI=1S/C33H40N8O4S2/c1-16-18(3)46-32-27(16)30(44)34-24(35-32)13-38-7-9-41(25(42)14-38)23-12-20(23)11-22-19(4)47-33-28(22)31(45)36-29(37-33)17(2)39-8-10-40(21-5-6-21)26(43)15-39/h17,20-21,23H,5-15H2,1-4H3,(H,34,35,44)(H,36,37,45). The number of aromatic nitrogens is 4. The van der Waals surface area contributed by atoms with Crippen molar-refractivity contribution in [2.24, 2.45) is 5.92 Å². The number of thiophene rings is 2. The molecule has 8 rings (SSSR count). The van der Waals surface area contributed by atoms with Crippen LogP contribution in [0.2, 0.25) is 0 Å². The lowest BCUT2D eigenvalue weighted by atomic mass is 10.1. The molecule has 4 aliphatic rings. The van der Waals surface area contributed by atoms with Crippen molar-refractivity contribution in [1.29, 1.82) is 0 Å². The first-order chi connectivity index (χ1) is 22.5. The highest BCUT2D eigenvalue weighted by atomic mass is 32.1. The van der Waals surface area contributed by atoms with Gasteiger partial charge in [-0.2, -0.15) is 9.97 Å². The lowest BCUT2D eigenvalue weighted by Gasteiger charge is -2.37. The molecule has 14 heteroatoms. The van der Waals surface area contributed by atoms with Gasteiger partial charge in [0.25, 0.3) is 11.1 Å². The van der Waals surface area contributed by atoms with E-state index in [0.717, 1.165) is 69.3 Å². The molecule has 248 valence electrons. The van der Waals surface area contributed by atoms with Crippen LogP contribution in [0.3, 0.4) is 0 Å². The molecule has 6 heterocycles. The van der Waals surface area contributed by atoms with E-state index in [0.29, 0.717) is 67.1 Å². The molecule has 0 aromatic carbocycles. The van der Waals surface area contributed by atoms with E-state index in [1.165, 1.54) is 0 Å². The fourth-order valence-electron chi connectivity index (χ4n) is 7.54. The van der Waals surface area contributed by atoms with Gasteiger partial charge in [0.15, 0.2) is 0 Å². The topological polar surface area (TPSA) is 139 Å². The molecule has 4 aromatic rings. The molecule has 12 nitrogen and oxygen atoms in total. The summed E-state index contributed by atoms with van der Waals surface area (Å²) in [4.78, 5) is 79.8. The van der Waals surface area contributed by atoms with Gasteiger partial charge in [-0.15, -0.1) is 22.7 Å². The lowest BCUT2D eigenvalue weighted by Crippen LogP contribution is -2.51. The SMILES string of the molecule is Cc1sc2[nH]c(CN3CCN(C4CC4Cc4c(C)sc5[nH]c(C(C)N6CCN(C7CC7)C(=O)C6)nc(=O)c45)C(=O)C3)nc(=O)c2c1C. The highest BCUT2D eigenvalue weighted by Gasteiger charge is 2.45. The van der Waals surface area contributed by atoms with Crippen LogP contribution in [0.1, 0.15) is 64.8 Å². The summed E-state index contributed by atoms with van der Waals surface area (Å²) in [5.74, 6) is 1.76. The summed E-state index contributed by atoms with van der Waals surface area (Å²) in [6.45, 7) is 11.9. The summed E-state index contributed by atoms with van der Waals surface area (Å²) >= 11 is 3.16. The minimum atomic E-state index is -0.220. The number of H-pyrrole nitrogens is 2. The number of carbonyl (C=O) groups excluding carboxylic acids is 2. The molecule has 2 saturated heterocycles. The van der Waals surface area contributed by atoms with Gasteiger partial charge in [-0.3, -0.25) is 29.0 Å². The Kier molecular flexibility index (Phi) is 7.62. The molecular weight excluding hydrogens is 637 g/mol. The molecule has 0 radical (unpaired) electrons. The molecule has 2 N–H and O–H groups in total. The van der Waals surface area contributed by atoms with Gasteiger partial charge in [0.1, 0.15) is 21.3 Å². The number of nitrogens with zero attached hydrogens (tertiary/aromatic N) is 6. The summed E-state index contributed by atoms with van der Waals surface area (Å²) in [5, 5.41) is 1.32. The third kappa shape index (κ3) is 5.62. The molecule has 3 atom stereocenters. The zero-order valence-corrected chi connectivity index (χ0v) is 28.9. The number of hydrogen-bond donors (Lipinski definition) is 2. The van der Waals surface area contributed by atoms with Crippen molar-refractivity contribution in [3.8, 4) is 0 Å². The van der Waals surface area contributed by atoms with Crippen LogP contribution in [0, 0.1) is 26.7 Å². The molecule has 2 amide bonds. The van der Waals surface area contributed by atoms with Crippen LogP contribution < -0.4 is 11.1 Å². The number of amides is 2. The fraction of sp³-hybridized carbons (Fsp3) is 0.576. The van der Waals surface area contributed by atoms with Crippen LogP contribution in [-0.4, -0.2) is 103 Å². The number of hydrogen-bond acceptors (Lipinski definition) is 10. The van der Waals surface area contributed by atoms with Crippen molar-refractivity contribution in [2.75, 3.05) is 39.3 Å². The van der Waals surface area contributed by atoms with E-state index in [4.69, 9.17) is 0 Å². The molecule has 2 aliphatic heterocycles. The summed E-state index contributed by atoms with van der Waals surface area (Å²) in [6.07, 6.45) is 3.88. The van der Waals surface area contributed by atoms with Crippen LogP contribution in [0.4, 0.5) is 0 Å². The van der Waals surface area contributed by atoms with Gasteiger partial charge in [-0.05, 0) is 70.4 Å². The zero-order valence-electron chi connectivity index (χ0n) is 27.2. The van der Waals surface area contributed by atoms with Crippen molar-refractivity contribution < 1.29 is 9.59 Å². The van der Waals surface area contributed by atoms with E-state index in [1.54, 1.807) is 22.7 Å². The van der Waals surface area contributed by atoms with Gasteiger partial charge in [0, 0.05) is 48.0 Å². The van der Waals surface area contributed by atoms with Gasteiger partial charge in [0.2, 0.25) is 11.8 Å². The highest BCUT2D eigenvalue weighted by Crippen LogP contribution is 2.42. The van der Waals surface area contributed by atoms with Gasteiger partial charge < -0.3 is 19.8 Å². The van der Waals surface area contributed by atoms with E-state index in [9.17, 15) is 19.2 Å². The minimum Gasteiger partial charge on any atom is -0.337 e. The Morgan fingerprint density at radius 1 is 0.830 bits per heavy atom. The second-order valence-corrected chi connectivity index (χ2v) is 16.2. The normalized spacial score (nSPS) is 23.4. The molecule has 2 aliphatic carbocycles. The third-order valence-corrected chi connectivity index (χ3v) is 12.8. The van der Waals surface area contributed by atoms with E-state index >= 15 is 0 Å². The third-order valence-electron chi connectivity index (χ3n) is 10.7. The molecule has 2 saturated carbocycles. The van der Waals surface area contributed by atoms with Gasteiger partial charge >= 0.3 is 0 Å².